The summed E-state index contributed by atoms with van der Waals surface area (Å²) in [5, 5.41) is 10.5. The van der Waals surface area contributed by atoms with Gasteiger partial charge in [0.25, 0.3) is 0 Å². The topological polar surface area (TPSA) is 49.8 Å². The minimum Gasteiger partial charge on any atom is -0.479 e. The molecule has 20 heavy (non-hydrogen) atoms. The van der Waals surface area contributed by atoms with Crippen LogP contribution < -0.4 is 9.92 Å². The van der Waals surface area contributed by atoms with Gasteiger partial charge in [-0.05, 0) is 25.3 Å². The van der Waals surface area contributed by atoms with Crippen molar-refractivity contribution in [1.82, 2.24) is 4.90 Å². The van der Waals surface area contributed by atoms with Gasteiger partial charge in [0, 0.05) is 13.0 Å². The fourth-order valence-corrected chi connectivity index (χ4v) is 3.43. The first-order valence-corrected chi connectivity index (χ1v) is 10.4. The molecular weight excluding hydrogens is 270 g/mol. The summed E-state index contributed by atoms with van der Waals surface area (Å²) in [7, 11) is 2.30. The number of rotatable bonds is 7. The number of para-hydroxylation sites is 1. The summed E-state index contributed by atoms with van der Waals surface area (Å²) in [6.45, 7) is 7.37. The maximum atomic E-state index is 11.3. The van der Waals surface area contributed by atoms with Crippen molar-refractivity contribution in [3.05, 3.63) is 24.3 Å². The molecule has 0 aliphatic heterocycles. The Labute approximate surface area is 122 Å². The van der Waals surface area contributed by atoms with Gasteiger partial charge in [-0.25, -0.2) is 4.79 Å². The number of hydrogen-bond donors (Lipinski definition) is 1. The predicted octanol–water partition coefficient (Wildman–Crippen LogP) is 2.02. The van der Waals surface area contributed by atoms with Gasteiger partial charge in [-0.1, -0.05) is 37.8 Å². The van der Waals surface area contributed by atoms with E-state index in [1.54, 1.807) is 0 Å². The van der Waals surface area contributed by atoms with Crippen molar-refractivity contribution in [3.8, 4) is 5.75 Å². The molecule has 0 amide bonds. The second kappa shape index (κ2) is 6.90. The molecule has 112 valence electrons. The molecule has 0 aromatic heterocycles. The molecule has 0 aliphatic rings. The van der Waals surface area contributed by atoms with E-state index in [1.165, 1.54) is 0 Å². The van der Waals surface area contributed by atoms with E-state index in [0.717, 1.165) is 10.9 Å². The quantitative estimate of drug-likeness (QED) is 0.782. The van der Waals surface area contributed by atoms with Crippen LogP contribution in [0, 0.1) is 0 Å². The van der Waals surface area contributed by atoms with Gasteiger partial charge in [-0.2, -0.15) is 0 Å². The number of hydrogen-bond acceptors (Lipinski definition) is 3. The zero-order valence-electron chi connectivity index (χ0n) is 13.0. The molecule has 4 nitrogen and oxygen atoms in total. The zero-order valence-corrected chi connectivity index (χ0v) is 14.0. The molecule has 0 saturated heterocycles. The van der Waals surface area contributed by atoms with Gasteiger partial charge < -0.3 is 14.7 Å². The Morgan fingerprint density at radius 3 is 2.40 bits per heavy atom. The standard InChI is InChI=1S/C15H25NO3Si/c1-16(2)11-10-13(15(17)18)19-12-8-6-7-9-14(12)20(3,4)5/h6-9,13H,10-11H2,1-5H3,(H,17,18). The highest BCUT2D eigenvalue weighted by Gasteiger charge is 2.25. The first kappa shape index (κ1) is 16.7. The summed E-state index contributed by atoms with van der Waals surface area (Å²) in [5.74, 6) is -0.185. The SMILES string of the molecule is CN(C)CCC(Oc1ccccc1[Si](C)(C)C)C(=O)O. The van der Waals surface area contributed by atoms with Crippen LogP contribution in [0.1, 0.15) is 6.42 Å². The molecule has 1 N–H and O–H groups in total. The first-order valence-electron chi connectivity index (χ1n) is 6.85. The molecule has 1 unspecified atom stereocenters. The van der Waals surface area contributed by atoms with E-state index in [-0.39, 0.29) is 0 Å². The summed E-state index contributed by atoms with van der Waals surface area (Å²) < 4.78 is 5.79. The van der Waals surface area contributed by atoms with E-state index in [9.17, 15) is 9.90 Å². The maximum Gasteiger partial charge on any atom is 0.344 e. The normalized spacial score (nSPS) is 13.3. The van der Waals surface area contributed by atoms with Crippen LogP contribution in [0.4, 0.5) is 0 Å². The number of carbonyl (C=O) groups is 1. The highest BCUT2D eigenvalue weighted by molar-refractivity contribution is 6.89. The van der Waals surface area contributed by atoms with Gasteiger partial charge in [0.1, 0.15) is 5.75 Å². The van der Waals surface area contributed by atoms with Crippen LogP contribution in [0.25, 0.3) is 0 Å². The maximum absolute atomic E-state index is 11.3. The minimum absolute atomic E-state index is 0.475. The molecule has 0 fully saturated rings. The van der Waals surface area contributed by atoms with E-state index in [2.05, 4.69) is 19.6 Å². The van der Waals surface area contributed by atoms with Gasteiger partial charge in [-0.3, -0.25) is 0 Å². The minimum atomic E-state index is -1.55. The van der Waals surface area contributed by atoms with E-state index < -0.39 is 20.1 Å². The number of carboxylic acids is 1. The molecule has 0 saturated carbocycles. The highest BCUT2D eigenvalue weighted by Crippen LogP contribution is 2.16. The van der Waals surface area contributed by atoms with E-state index >= 15 is 0 Å². The lowest BCUT2D eigenvalue weighted by atomic mass is 10.2. The van der Waals surface area contributed by atoms with Crippen molar-refractivity contribution in [2.45, 2.75) is 32.2 Å². The van der Waals surface area contributed by atoms with Crippen LogP contribution in [-0.4, -0.2) is 50.8 Å². The van der Waals surface area contributed by atoms with Gasteiger partial charge in [0.2, 0.25) is 0 Å². The third-order valence-electron chi connectivity index (χ3n) is 3.08. The molecule has 5 heteroatoms. The third kappa shape index (κ3) is 4.98. The molecule has 0 aliphatic carbocycles. The first-order chi connectivity index (χ1) is 9.21. The molecule has 0 heterocycles. The second-order valence-corrected chi connectivity index (χ2v) is 11.3. The van der Waals surface area contributed by atoms with Crippen LogP contribution in [0.2, 0.25) is 19.6 Å². The van der Waals surface area contributed by atoms with Crippen molar-refractivity contribution in [3.63, 3.8) is 0 Å². The summed E-state index contributed by atoms with van der Waals surface area (Å²) in [6.07, 6.45) is -0.322. The Bertz CT molecular complexity index is 455. The Hall–Kier alpha value is -1.33. The van der Waals surface area contributed by atoms with E-state index in [0.29, 0.717) is 13.0 Å². The van der Waals surface area contributed by atoms with Crippen LogP contribution in [0.3, 0.4) is 0 Å². The number of nitrogens with zero attached hydrogens (tertiary/aromatic N) is 1. The number of carboxylic acid groups (broad SMARTS) is 1. The zero-order chi connectivity index (χ0) is 15.3. The fraction of sp³-hybridized carbons (Fsp3) is 0.533. The van der Waals surface area contributed by atoms with Crippen molar-refractivity contribution in [2.75, 3.05) is 20.6 Å². The van der Waals surface area contributed by atoms with Crippen LogP contribution in [-0.2, 0) is 4.79 Å². The van der Waals surface area contributed by atoms with Gasteiger partial charge >= 0.3 is 5.97 Å². The fourth-order valence-electron chi connectivity index (χ4n) is 1.95. The molecule has 1 rings (SSSR count). The molecule has 0 radical (unpaired) electrons. The van der Waals surface area contributed by atoms with Crippen LogP contribution in [0.15, 0.2) is 24.3 Å². The van der Waals surface area contributed by atoms with Crippen LogP contribution in [0.5, 0.6) is 5.75 Å². The van der Waals surface area contributed by atoms with Gasteiger partial charge in [0.15, 0.2) is 6.10 Å². The molecular formula is C15H25NO3Si. The predicted molar refractivity (Wildman–Crippen MR) is 84.6 cm³/mol. The Morgan fingerprint density at radius 1 is 1.30 bits per heavy atom. The highest BCUT2D eigenvalue weighted by atomic mass is 28.3. The largest absolute Gasteiger partial charge is 0.479 e. The van der Waals surface area contributed by atoms with Crippen molar-refractivity contribution >= 4 is 19.2 Å². The lowest BCUT2D eigenvalue weighted by Crippen LogP contribution is -2.40. The monoisotopic (exact) mass is 295 g/mol. The second-order valence-electron chi connectivity index (χ2n) is 6.28. The van der Waals surface area contributed by atoms with Gasteiger partial charge in [0.05, 0.1) is 8.07 Å². The number of benzene rings is 1. The Balaban J connectivity index is 2.91. The van der Waals surface area contributed by atoms with Crippen molar-refractivity contribution in [2.24, 2.45) is 0 Å². The Kier molecular flexibility index (Phi) is 5.77. The number of ether oxygens (including phenoxy) is 1. The average Bonchev–Trinajstić information content (AvgIpc) is 2.33. The molecule has 0 bridgehead atoms. The molecule has 1 aromatic carbocycles. The molecule has 0 spiro atoms. The number of aliphatic carboxylic acids is 1. The molecule has 1 atom stereocenters. The van der Waals surface area contributed by atoms with Crippen LogP contribution >= 0.6 is 0 Å². The summed E-state index contributed by atoms with van der Waals surface area (Å²) in [5.41, 5.74) is 0. The summed E-state index contributed by atoms with van der Waals surface area (Å²) in [4.78, 5) is 13.3. The summed E-state index contributed by atoms with van der Waals surface area (Å²) in [6, 6.07) is 7.80. The summed E-state index contributed by atoms with van der Waals surface area (Å²) >= 11 is 0. The smallest absolute Gasteiger partial charge is 0.344 e. The Morgan fingerprint density at radius 2 is 1.90 bits per heavy atom. The van der Waals surface area contributed by atoms with Crippen molar-refractivity contribution in [1.29, 1.82) is 0 Å². The van der Waals surface area contributed by atoms with Crippen molar-refractivity contribution < 1.29 is 14.6 Å². The van der Waals surface area contributed by atoms with Gasteiger partial charge in [-0.15, -0.1) is 0 Å². The average molecular weight is 295 g/mol. The van der Waals surface area contributed by atoms with E-state index in [4.69, 9.17) is 4.74 Å². The lowest BCUT2D eigenvalue weighted by molar-refractivity contribution is -0.145. The molecule has 1 aromatic rings. The third-order valence-corrected chi connectivity index (χ3v) is 5.11. The lowest BCUT2D eigenvalue weighted by Gasteiger charge is -2.24. The van der Waals surface area contributed by atoms with E-state index in [1.807, 2.05) is 43.3 Å².